The van der Waals surface area contributed by atoms with Gasteiger partial charge < -0.3 is 19.6 Å². The molecule has 0 saturated heterocycles. The second-order valence-electron chi connectivity index (χ2n) is 1.03. The van der Waals surface area contributed by atoms with Crippen molar-refractivity contribution in [1.29, 1.82) is 0 Å². The van der Waals surface area contributed by atoms with Gasteiger partial charge in [-0.15, -0.1) is 0 Å². The Hall–Kier alpha value is 0.819. The zero-order chi connectivity index (χ0) is 7.00. The third-order valence-corrected chi connectivity index (χ3v) is 3.05. The molecule has 0 amide bonds. The maximum absolute atomic E-state index is 9.58. The van der Waals surface area contributed by atoms with Gasteiger partial charge in [-0.05, 0) is 0 Å². The number of rotatable bonds is 1. The van der Waals surface area contributed by atoms with E-state index in [2.05, 4.69) is 0 Å². The first-order valence-electron chi connectivity index (χ1n) is 1.37. The first-order chi connectivity index (χ1) is 3.25. The van der Waals surface area contributed by atoms with E-state index in [0.29, 0.717) is 0 Å². The van der Waals surface area contributed by atoms with Crippen LogP contribution in [0, 0.1) is 0 Å². The van der Waals surface area contributed by atoms with Crippen molar-refractivity contribution in [3.63, 3.8) is 0 Å². The fraction of sp³-hybridized carbons (Fsp3) is 0. The van der Waals surface area contributed by atoms with Gasteiger partial charge in [0.1, 0.15) is 0 Å². The molecule has 0 spiro atoms. The van der Waals surface area contributed by atoms with E-state index in [9.17, 15) is 9.13 Å². The molecule has 6 nitrogen and oxygen atoms in total. The summed E-state index contributed by atoms with van der Waals surface area (Å²) in [5, 5.41) is 0. The standard InChI is InChI=1S/Fe.H4O6P2/c;1-7(2,3)8(4,5)6/h;(H2,1,2,3)(H2,4,5,6). The number of hydrogen-bond acceptors (Lipinski definition) is 2. The Kier molecular flexibility index (Phi) is 4.55. The maximum atomic E-state index is 9.58. The second kappa shape index (κ2) is 3.28. The molecule has 0 aliphatic carbocycles. The van der Waals surface area contributed by atoms with Crippen LogP contribution in [-0.2, 0) is 26.2 Å². The average Bonchev–Trinajstić information content (AvgIpc) is 1.25. The topological polar surface area (TPSA) is 115 Å². The monoisotopic (exact) mass is 218 g/mol. The van der Waals surface area contributed by atoms with Crippen molar-refractivity contribution >= 4 is 14.6 Å². The van der Waals surface area contributed by atoms with Gasteiger partial charge in [0.25, 0.3) is 0 Å². The molecule has 0 aromatic carbocycles. The van der Waals surface area contributed by atoms with Gasteiger partial charge in [0, 0.05) is 17.1 Å². The first-order valence-corrected chi connectivity index (χ1v) is 5.30. The minimum Gasteiger partial charge on any atom is -0.316 e. The van der Waals surface area contributed by atoms with E-state index < -0.39 is 14.6 Å². The van der Waals surface area contributed by atoms with Crippen molar-refractivity contribution in [3.8, 4) is 0 Å². The molecule has 0 atom stereocenters. The van der Waals surface area contributed by atoms with E-state index in [1.807, 2.05) is 0 Å². The van der Waals surface area contributed by atoms with E-state index >= 15 is 0 Å². The first kappa shape index (κ1) is 12.5. The van der Waals surface area contributed by atoms with Gasteiger partial charge in [0.15, 0.2) is 0 Å². The van der Waals surface area contributed by atoms with Crippen molar-refractivity contribution < 1.29 is 45.8 Å². The van der Waals surface area contributed by atoms with E-state index in [0.717, 1.165) is 0 Å². The van der Waals surface area contributed by atoms with Gasteiger partial charge >= 0.3 is 14.6 Å². The summed E-state index contributed by atoms with van der Waals surface area (Å²) >= 11 is 0. The van der Waals surface area contributed by atoms with Crippen LogP contribution in [0.3, 0.4) is 0 Å². The predicted molar refractivity (Wildman–Crippen MR) is 24.1 cm³/mol. The molecular formula is H4FeO6P2. The smallest absolute Gasteiger partial charge is 0.316 e. The van der Waals surface area contributed by atoms with E-state index in [-0.39, 0.29) is 17.1 Å². The Morgan fingerprint density at radius 1 is 0.778 bits per heavy atom. The zero-order valence-corrected chi connectivity index (χ0v) is 6.75. The summed E-state index contributed by atoms with van der Waals surface area (Å²) < 4.78 is 19.2. The van der Waals surface area contributed by atoms with Crippen LogP contribution in [0.2, 0.25) is 0 Å². The SMILES string of the molecule is O=P(O)(O)P(=O)(O)O.[Fe]. The van der Waals surface area contributed by atoms with Crippen LogP contribution < -0.4 is 0 Å². The molecule has 0 bridgehead atoms. The van der Waals surface area contributed by atoms with E-state index in [4.69, 9.17) is 19.6 Å². The summed E-state index contributed by atoms with van der Waals surface area (Å²) in [4.78, 5) is 30.8. The Balaban J connectivity index is 0. The molecule has 9 heteroatoms. The molecule has 9 heavy (non-hydrogen) atoms. The third-order valence-electron chi connectivity index (χ3n) is 0.339. The van der Waals surface area contributed by atoms with Crippen molar-refractivity contribution in [2.24, 2.45) is 0 Å². The second-order valence-corrected chi connectivity index (χ2v) is 6.21. The van der Waals surface area contributed by atoms with Gasteiger partial charge in [0.2, 0.25) is 0 Å². The van der Waals surface area contributed by atoms with Crippen molar-refractivity contribution in [1.82, 2.24) is 0 Å². The molecule has 0 rings (SSSR count). The fourth-order valence-electron chi connectivity index (χ4n) is 0. The molecule has 0 fully saturated rings. The quantitative estimate of drug-likeness (QED) is 0.340. The molecule has 0 heterocycles. The summed E-state index contributed by atoms with van der Waals surface area (Å²) in [6.45, 7) is 0. The molecule has 0 unspecified atom stereocenters. The van der Waals surface area contributed by atoms with Gasteiger partial charge in [-0.3, -0.25) is 0 Å². The van der Waals surface area contributed by atoms with Crippen LogP contribution in [0.1, 0.15) is 0 Å². The van der Waals surface area contributed by atoms with Gasteiger partial charge in [-0.2, -0.15) is 0 Å². The summed E-state index contributed by atoms with van der Waals surface area (Å²) in [5.41, 5.74) is 0. The molecule has 0 aliphatic rings. The van der Waals surface area contributed by atoms with Crippen LogP contribution in [0.25, 0.3) is 0 Å². The van der Waals surface area contributed by atoms with Crippen LogP contribution >= 0.6 is 14.6 Å². The normalized spacial score (nSPS) is 12.4. The van der Waals surface area contributed by atoms with Crippen molar-refractivity contribution in [3.05, 3.63) is 0 Å². The summed E-state index contributed by atoms with van der Waals surface area (Å²) in [6, 6.07) is 0. The summed E-state index contributed by atoms with van der Waals surface area (Å²) in [7, 11) is -10.4. The Morgan fingerprint density at radius 2 is 0.889 bits per heavy atom. The molecule has 0 saturated carbocycles. The van der Waals surface area contributed by atoms with Gasteiger partial charge in [-0.25, -0.2) is 9.13 Å². The van der Waals surface area contributed by atoms with Crippen LogP contribution in [0.15, 0.2) is 0 Å². The summed E-state index contributed by atoms with van der Waals surface area (Å²) in [6.07, 6.45) is 0. The molecule has 0 aliphatic heterocycles. The average molecular weight is 218 g/mol. The third kappa shape index (κ3) is 4.25. The Labute approximate surface area is 61.0 Å². The Morgan fingerprint density at radius 3 is 0.889 bits per heavy atom. The summed E-state index contributed by atoms with van der Waals surface area (Å²) in [5.74, 6) is 0. The fourth-order valence-corrected chi connectivity index (χ4v) is 0. The van der Waals surface area contributed by atoms with Crippen LogP contribution in [-0.4, -0.2) is 19.6 Å². The van der Waals surface area contributed by atoms with Crippen molar-refractivity contribution in [2.45, 2.75) is 0 Å². The molecule has 0 aromatic heterocycles. The molecular weight excluding hydrogens is 214 g/mol. The molecule has 0 aromatic rings. The van der Waals surface area contributed by atoms with E-state index in [1.165, 1.54) is 0 Å². The molecule has 0 radical (unpaired) electrons. The minimum absolute atomic E-state index is 0. The predicted octanol–water partition coefficient (Wildman–Crippen LogP) is -0.746. The molecule has 4 N–H and O–H groups in total. The maximum Gasteiger partial charge on any atom is 0.435 e. The van der Waals surface area contributed by atoms with Gasteiger partial charge in [-0.1, -0.05) is 0 Å². The van der Waals surface area contributed by atoms with Gasteiger partial charge in [0.05, 0.1) is 0 Å². The van der Waals surface area contributed by atoms with Crippen LogP contribution in [0.5, 0.6) is 0 Å². The Bertz CT molecular complexity index is 140. The minimum atomic E-state index is -5.18. The zero-order valence-electron chi connectivity index (χ0n) is 3.85. The number of hydrogen-bond donors (Lipinski definition) is 4. The largest absolute Gasteiger partial charge is 0.435 e. The molecule has 58 valence electrons. The van der Waals surface area contributed by atoms with Crippen molar-refractivity contribution in [2.75, 3.05) is 0 Å². The van der Waals surface area contributed by atoms with E-state index in [1.54, 1.807) is 0 Å². The van der Waals surface area contributed by atoms with Crippen LogP contribution in [0.4, 0.5) is 0 Å².